The molecule has 1 unspecified atom stereocenters. The van der Waals surface area contributed by atoms with E-state index in [9.17, 15) is 9.59 Å². The van der Waals surface area contributed by atoms with Gasteiger partial charge in [-0.1, -0.05) is 23.7 Å². The number of anilines is 2. The van der Waals surface area contributed by atoms with Gasteiger partial charge in [0.1, 0.15) is 5.75 Å². The van der Waals surface area contributed by atoms with Gasteiger partial charge in [0.2, 0.25) is 0 Å². The van der Waals surface area contributed by atoms with Crippen molar-refractivity contribution in [2.24, 2.45) is 4.99 Å². The van der Waals surface area contributed by atoms with Crippen molar-refractivity contribution >= 4 is 40.6 Å². The summed E-state index contributed by atoms with van der Waals surface area (Å²) in [4.78, 5) is 34.4. The minimum Gasteiger partial charge on any atom is -0.497 e. The summed E-state index contributed by atoms with van der Waals surface area (Å²) in [6.07, 6.45) is 7.32. The number of amides is 3. The van der Waals surface area contributed by atoms with Crippen molar-refractivity contribution in [3.63, 3.8) is 0 Å². The lowest BCUT2D eigenvalue weighted by Gasteiger charge is -2.41. The smallest absolute Gasteiger partial charge is 0.326 e. The zero-order valence-corrected chi connectivity index (χ0v) is 20.8. The monoisotopic (exact) mass is 505 g/mol. The van der Waals surface area contributed by atoms with Crippen molar-refractivity contribution in [3.05, 3.63) is 77.0 Å². The van der Waals surface area contributed by atoms with Crippen molar-refractivity contribution in [3.8, 4) is 5.75 Å². The van der Waals surface area contributed by atoms with Gasteiger partial charge in [-0.3, -0.25) is 19.6 Å². The summed E-state index contributed by atoms with van der Waals surface area (Å²) >= 11 is 6.06. The molecule has 0 saturated carbocycles. The van der Waals surface area contributed by atoms with Gasteiger partial charge in [-0.25, -0.2) is 4.79 Å². The number of rotatable bonds is 7. The van der Waals surface area contributed by atoms with E-state index >= 15 is 0 Å². The highest BCUT2D eigenvalue weighted by atomic mass is 35.5. The number of likely N-dealkylation sites (tertiary alicyclic amines) is 1. The van der Waals surface area contributed by atoms with E-state index in [1.165, 1.54) is 17.0 Å². The van der Waals surface area contributed by atoms with Crippen LogP contribution in [0, 0.1) is 0 Å². The van der Waals surface area contributed by atoms with Gasteiger partial charge in [0.15, 0.2) is 0 Å². The summed E-state index contributed by atoms with van der Waals surface area (Å²) in [7, 11) is 1.54. The molecule has 0 aromatic heterocycles. The number of halogens is 1. The number of urea groups is 1. The van der Waals surface area contributed by atoms with Gasteiger partial charge < -0.3 is 15.4 Å². The largest absolute Gasteiger partial charge is 0.497 e. The quantitative estimate of drug-likeness (QED) is 0.553. The molecule has 8 nitrogen and oxygen atoms in total. The Morgan fingerprint density at radius 1 is 1.08 bits per heavy atom. The SMILES string of the molecule is COc1ccc(NC(=O)c2ccc(C(C3=NCC3)N3CCC3)cc2)c(NC(=O)N2C=CC=C(Cl)C2)c1. The van der Waals surface area contributed by atoms with Crippen LogP contribution in [-0.4, -0.2) is 60.7 Å². The molecule has 0 bridgehead atoms. The molecule has 1 fully saturated rings. The number of aliphatic imine (C=N–C) groups is 1. The molecule has 1 atom stereocenters. The number of nitrogens with one attached hydrogen (secondary N) is 2. The first kappa shape index (κ1) is 24.1. The minimum atomic E-state index is -0.374. The maximum absolute atomic E-state index is 13.1. The molecular weight excluding hydrogens is 478 g/mol. The third-order valence-electron chi connectivity index (χ3n) is 6.58. The zero-order chi connectivity index (χ0) is 25.1. The fourth-order valence-electron chi connectivity index (χ4n) is 4.40. The second-order valence-electron chi connectivity index (χ2n) is 8.92. The van der Waals surface area contributed by atoms with Crippen LogP contribution in [-0.2, 0) is 0 Å². The van der Waals surface area contributed by atoms with Crippen molar-refractivity contribution in [2.45, 2.75) is 18.9 Å². The summed E-state index contributed by atoms with van der Waals surface area (Å²) in [5.41, 5.74) is 3.79. The van der Waals surface area contributed by atoms with E-state index in [-0.39, 0.29) is 24.5 Å². The topological polar surface area (TPSA) is 86.3 Å². The summed E-state index contributed by atoms with van der Waals surface area (Å²) in [5, 5.41) is 6.31. The second kappa shape index (κ2) is 10.6. The molecule has 0 aliphatic carbocycles. The van der Waals surface area contributed by atoms with E-state index in [0.717, 1.165) is 31.6 Å². The maximum Gasteiger partial charge on any atom is 0.326 e. The summed E-state index contributed by atoms with van der Waals surface area (Å²) in [6, 6.07) is 12.6. The molecule has 0 radical (unpaired) electrons. The van der Waals surface area contributed by atoms with Crippen molar-refractivity contribution < 1.29 is 14.3 Å². The number of hydrogen-bond donors (Lipinski definition) is 2. The molecule has 186 valence electrons. The van der Waals surface area contributed by atoms with Gasteiger partial charge in [-0.15, -0.1) is 0 Å². The fraction of sp³-hybridized carbons (Fsp3) is 0.296. The Morgan fingerprint density at radius 2 is 1.86 bits per heavy atom. The average molecular weight is 506 g/mol. The molecular formula is C27H28ClN5O3. The standard InChI is InChI=1S/C27H28ClN5O3/c1-36-21-9-10-22(24(16-21)31-27(35)33-13-2-4-20(28)17-33)30-26(34)19-7-5-18(6-8-19)25(23-11-12-29-23)32-14-3-15-32/h2,4-10,13,16,25H,3,11-12,14-15,17H2,1H3,(H,30,34)(H,31,35). The van der Waals surface area contributed by atoms with Crippen LogP contribution in [0.3, 0.4) is 0 Å². The lowest BCUT2D eigenvalue weighted by atomic mass is 9.92. The van der Waals surface area contributed by atoms with Crippen LogP contribution in [0.25, 0.3) is 0 Å². The Morgan fingerprint density at radius 3 is 2.47 bits per heavy atom. The highest BCUT2D eigenvalue weighted by Gasteiger charge is 2.31. The fourth-order valence-corrected chi connectivity index (χ4v) is 4.60. The number of methoxy groups -OCH3 is 1. The van der Waals surface area contributed by atoms with E-state index in [4.69, 9.17) is 16.3 Å². The van der Waals surface area contributed by atoms with E-state index < -0.39 is 0 Å². The Hall–Kier alpha value is -3.62. The number of hydrogen-bond acceptors (Lipinski definition) is 5. The summed E-state index contributed by atoms with van der Waals surface area (Å²) in [6.45, 7) is 3.33. The molecule has 3 aliphatic rings. The predicted octanol–water partition coefficient (Wildman–Crippen LogP) is 5.02. The lowest BCUT2D eigenvalue weighted by molar-refractivity contribution is 0.102. The molecule has 5 rings (SSSR count). The summed E-state index contributed by atoms with van der Waals surface area (Å²) < 4.78 is 5.31. The van der Waals surface area contributed by atoms with Gasteiger partial charge in [0, 0.05) is 54.6 Å². The Kier molecular flexibility index (Phi) is 7.06. The third-order valence-corrected chi connectivity index (χ3v) is 6.83. The zero-order valence-electron chi connectivity index (χ0n) is 20.0. The number of allylic oxidation sites excluding steroid dienone is 2. The first-order valence-electron chi connectivity index (χ1n) is 12.0. The maximum atomic E-state index is 13.1. The van der Waals surface area contributed by atoms with Gasteiger partial charge >= 0.3 is 6.03 Å². The number of ether oxygens (including phenoxy) is 1. The summed E-state index contributed by atoms with van der Waals surface area (Å²) in [5.74, 6) is 0.281. The van der Waals surface area contributed by atoms with Gasteiger partial charge in [-0.2, -0.15) is 0 Å². The molecule has 3 heterocycles. The predicted molar refractivity (Wildman–Crippen MR) is 142 cm³/mol. The third kappa shape index (κ3) is 5.15. The molecule has 1 saturated heterocycles. The van der Waals surface area contributed by atoms with Crippen LogP contribution in [0.1, 0.15) is 34.8 Å². The van der Waals surface area contributed by atoms with Crippen LogP contribution < -0.4 is 15.4 Å². The van der Waals surface area contributed by atoms with Crippen LogP contribution >= 0.6 is 11.6 Å². The Labute approximate surface area is 215 Å². The molecule has 0 spiro atoms. The normalized spacial score (nSPS) is 17.8. The molecule has 2 N–H and O–H groups in total. The van der Waals surface area contributed by atoms with Crippen LogP contribution in [0.5, 0.6) is 5.75 Å². The highest BCUT2D eigenvalue weighted by Crippen LogP contribution is 2.32. The molecule has 9 heteroatoms. The van der Waals surface area contributed by atoms with Crippen molar-refractivity contribution in [1.29, 1.82) is 0 Å². The van der Waals surface area contributed by atoms with Crippen LogP contribution in [0.2, 0.25) is 0 Å². The van der Waals surface area contributed by atoms with E-state index in [1.54, 1.807) is 43.7 Å². The number of nitrogens with zero attached hydrogens (tertiary/aromatic N) is 3. The average Bonchev–Trinajstić information content (AvgIpc) is 2.82. The number of carbonyl (C=O) groups excluding carboxylic acids is 2. The van der Waals surface area contributed by atoms with E-state index in [0.29, 0.717) is 27.7 Å². The molecule has 3 aliphatic heterocycles. The van der Waals surface area contributed by atoms with Crippen LogP contribution in [0.4, 0.5) is 16.2 Å². The molecule has 2 aromatic carbocycles. The highest BCUT2D eigenvalue weighted by molar-refractivity contribution is 6.30. The van der Waals surface area contributed by atoms with Gasteiger partial charge in [0.05, 0.1) is 31.1 Å². The number of benzene rings is 2. The Balaban J connectivity index is 1.31. The van der Waals surface area contributed by atoms with Gasteiger partial charge in [0.25, 0.3) is 5.91 Å². The first-order valence-corrected chi connectivity index (χ1v) is 12.4. The first-order chi connectivity index (χ1) is 17.5. The molecule has 3 amide bonds. The van der Waals surface area contributed by atoms with Gasteiger partial charge in [-0.05, 0) is 48.4 Å². The number of carbonyl (C=O) groups is 2. The molecule has 2 aromatic rings. The second-order valence-corrected chi connectivity index (χ2v) is 9.40. The van der Waals surface area contributed by atoms with Crippen molar-refractivity contribution in [1.82, 2.24) is 9.80 Å². The van der Waals surface area contributed by atoms with Crippen molar-refractivity contribution in [2.75, 3.05) is 43.9 Å². The lowest BCUT2D eigenvalue weighted by Crippen LogP contribution is -2.45. The van der Waals surface area contributed by atoms with E-state index in [1.807, 2.05) is 24.3 Å². The molecule has 36 heavy (non-hydrogen) atoms. The van der Waals surface area contributed by atoms with Crippen LogP contribution in [0.15, 0.2) is 70.8 Å². The Bertz CT molecular complexity index is 1250. The minimum absolute atomic E-state index is 0.209. The van der Waals surface area contributed by atoms with E-state index in [2.05, 4.69) is 20.5 Å².